The summed E-state index contributed by atoms with van der Waals surface area (Å²) in [7, 11) is 5.90. The fraction of sp³-hybridized carbons (Fsp3) is 0.740. The number of carbonyl (C=O) groups excluding carboxylic acids is 3. The van der Waals surface area contributed by atoms with Gasteiger partial charge in [0.1, 0.15) is 13.2 Å². The summed E-state index contributed by atoms with van der Waals surface area (Å²) in [6.07, 6.45) is 46.7. The Morgan fingerprint density at radius 3 is 1.46 bits per heavy atom. The Kier molecular flexibility index (Phi) is 39.6. The Bertz CT molecular complexity index is 1150. The van der Waals surface area contributed by atoms with Gasteiger partial charge in [-0.3, -0.25) is 9.59 Å². The zero-order chi connectivity index (χ0) is 43.5. The second kappa shape index (κ2) is 41.7. The fourth-order valence-electron chi connectivity index (χ4n) is 6.11. The number of allylic oxidation sites excluding steroid dienone is 10. The molecular formula is C50H87NO8. The molecule has 2 unspecified atom stereocenters. The van der Waals surface area contributed by atoms with E-state index in [1.807, 2.05) is 21.1 Å². The lowest BCUT2D eigenvalue weighted by Crippen LogP contribution is -2.44. The SMILES string of the molecule is CC/C=C\C/C=C\C/C=C\C/C=C\CCCCCCCCC(=O)OC(COC(=O)CCCCCCC/C=C\CCCCCCCC)COC(OCC[N+](C)(C)C)C(=O)[O-]. The molecule has 0 saturated heterocycles. The highest BCUT2D eigenvalue weighted by atomic mass is 16.7. The molecule has 0 rings (SSSR count). The summed E-state index contributed by atoms with van der Waals surface area (Å²) in [5, 5.41) is 11.7. The molecule has 59 heavy (non-hydrogen) atoms. The molecule has 0 amide bonds. The van der Waals surface area contributed by atoms with E-state index in [4.69, 9.17) is 18.9 Å². The Labute approximate surface area is 361 Å². The molecule has 0 aliphatic rings. The lowest BCUT2D eigenvalue weighted by Gasteiger charge is -2.26. The number of rotatable bonds is 42. The van der Waals surface area contributed by atoms with Gasteiger partial charge in [0.25, 0.3) is 0 Å². The maximum absolute atomic E-state index is 12.8. The van der Waals surface area contributed by atoms with Gasteiger partial charge in [0, 0.05) is 12.8 Å². The van der Waals surface area contributed by atoms with Crippen LogP contribution in [0.3, 0.4) is 0 Å². The fourth-order valence-corrected chi connectivity index (χ4v) is 6.11. The van der Waals surface area contributed by atoms with Gasteiger partial charge < -0.3 is 33.3 Å². The van der Waals surface area contributed by atoms with Crippen molar-refractivity contribution >= 4 is 17.9 Å². The highest BCUT2D eigenvalue weighted by molar-refractivity contribution is 5.70. The number of carboxylic acid groups (broad SMARTS) is 1. The van der Waals surface area contributed by atoms with Crippen molar-refractivity contribution in [3.63, 3.8) is 0 Å². The minimum absolute atomic E-state index is 0.141. The standard InChI is InChI=1S/C50H87NO8/c1-6-8-10-12-14-16-18-20-22-23-24-25-27-29-31-33-35-37-39-41-48(53)59-46(45-58-50(49(54)55)56-43-42-51(3,4)5)44-57-47(52)40-38-36-34-32-30-28-26-21-19-17-15-13-11-9-7-2/h8,10,14,16,20-22,24-26,46,50H,6-7,9,11-13,15,17-19,23,27-45H2,1-5H3/b10-8-,16-14-,22-20-,25-24-,26-21-. The van der Waals surface area contributed by atoms with E-state index in [2.05, 4.69) is 74.6 Å². The van der Waals surface area contributed by atoms with Crippen molar-refractivity contribution in [1.29, 1.82) is 0 Å². The van der Waals surface area contributed by atoms with Crippen LogP contribution in [0.4, 0.5) is 0 Å². The number of esters is 2. The third-order valence-corrected chi connectivity index (χ3v) is 9.75. The van der Waals surface area contributed by atoms with Crippen LogP contribution in [0, 0.1) is 0 Å². The molecular weight excluding hydrogens is 743 g/mol. The molecule has 0 aromatic rings. The molecule has 0 aromatic carbocycles. The second-order valence-corrected chi connectivity index (χ2v) is 16.7. The summed E-state index contributed by atoms with van der Waals surface area (Å²) in [5.41, 5.74) is 0. The molecule has 0 aliphatic carbocycles. The zero-order valence-corrected chi connectivity index (χ0v) is 38.4. The molecule has 0 spiro atoms. The van der Waals surface area contributed by atoms with Gasteiger partial charge in [0.15, 0.2) is 12.4 Å². The quantitative estimate of drug-likeness (QED) is 0.0197. The average molecular weight is 830 g/mol. The topological polar surface area (TPSA) is 111 Å². The number of likely N-dealkylation sites (N-methyl/N-ethyl adjacent to an activating group) is 1. The molecule has 9 heteroatoms. The van der Waals surface area contributed by atoms with Crippen LogP contribution in [0.5, 0.6) is 0 Å². The molecule has 0 saturated carbocycles. The number of quaternary nitrogens is 1. The Hall–Kier alpha value is -3.01. The van der Waals surface area contributed by atoms with Gasteiger partial charge >= 0.3 is 11.9 Å². The molecule has 0 aliphatic heterocycles. The van der Waals surface area contributed by atoms with E-state index in [-0.39, 0.29) is 38.6 Å². The summed E-state index contributed by atoms with van der Waals surface area (Å²) < 4.78 is 22.5. The summed E-state index contributed by atoms with van der Waals surface area (Å²) >= 11 is 0. The molecule has 0 bridgehead atoms. The van der Waals surface area contributed by atoms with E-state index >= 15 is 0 Å². The first-order valence-corrected chi connectivity index (χ1v) is 23.4. The molecule has 0 heterocycles. The zero-order valence-electron chi connectivity index (χ0n) is 38.4. The van der Waals surface area contributed by atoms with E-state index in [1.165, 1.54) is 44.9 Å². The Balaban J connectivity index is 4.46. The maximum atomic E-state index is 12.8. The van der Waals surface area contributed by atoms with Crippen molar-refractivity contribution in [2.24, 2.45) is 0 Å². The highest BCUT2D eigenvalue weighted by Crippen LogP contribution is 2.13. The monoisotopic (exact) mass is 830 g/mol. The van der Waals surface area contributed by atoms with Crippen molar-refractivity contribution in [2.75, 3.05) is 47.5 Å². The van der Waals surface area contributed by atoms with Gasteiger partial charge in [0.2, 0.25) is 0 Å². The van der Waals surface area contributed by atoms with Gasteiger partial charge in [0.05, 0.1) is 40.3 Å². The van der Waals surface area contributed by atoms with Crippen molar-refractivity contribution in [2.45, 2.75) is 193 Å². The van der Waals surface area contributed by atoms with E-state index in [1.54, 1.807) is 0 Å². The van der Waals surface area contributed by atoms with Crippen LogP contribution in [0.1, 0.15) is 181 Å². The third-order valence-electron chi connectivity index (χ3n) is 9.75. The predicted molar refractivity (Wildman–Crippen MR) is 242 cm³/mol. The maximum Gasteiger partial charge on any atom is 0.306 e. The van der Waals surface area contributed by atoms with Gasteiger partial charge in [-0.2, -0.15) is 0 Å². The number of carbonyl (C=O) groups is 3. The molecule has 0 N–H and O–H groups in total. The molecule has 9 nitrogen and oxygen atoms in total. The van der Waals surface area contributed by atoms with E-state index in [0.29, 0.717) is 17.4 Å². The summed E-state index contributed by atoms with van der Waals surface area (Å²) in [4.78, 5) is 37.0. The van der Waals surface area contributed by atoms with Gasteiger partial charge in [-0.15, -0.1) is 0 Å². The first kappa shape index (κ1) is 56.0. The van der Waals surface area contributed by atoms with Crippen molar-refractivity contribution < 1.29 is 42.9 Å². The van der Waals surface area contributed by atoms with Crippen LogP contribution in [-0.4, -0.2) is 82.3 Å². The van der Waals surface area contributed by atoms with E-state index in [9.17, 15) is 19.5 Å². The summed E-state index contributed by atoms with van der Waals surface area (Å²) in [6.45, 7) is 4.59. The number of ether oxygens (including phenoxy) is 4. The summed E-state index contributed by atoms with van der Waals surface area (Å²) in [6, 6.07) is 0. The number of hydrogen-bond donors (Lipinski definition) is 0. The van der Waals surface area contributed by atoms with Crippen LogP contribution >= 0.6 is 0 Å². The van der Waals surface area contributed by atoms with Crippen molar-refractivity contribution in [1.82, 2.24) is 0 Å². The van der Waals surface area contributed by atoms with Crippen LogP contribution in [0.2, 0.25) is 0 Å². The molecule has 0 radical (unpaired) electrons. The first-order chi connectivity index (χ1) is 28.6. The first-order valence-electron chi connectivity index (χ1n) is 23.4. The van der Waals surface area contributed by atoms with Crippen LogP contribution in [0.15, 0.2) is 60.8 Å². The van der Waals surface area contributed by atoms with Crippen LogP contribution in [-0.2, 0) is 33.3 Å². The number of aliphatic carboxylic acids is 1. The van der Waals surface area contributed by atoms with Gasteiger partial charge in [-0.25, -0.2) is 0 Å². The van der Waals surface area contributed by atoms with E-state index in [0.717, 1.165) is 103 Å². The predicted octanol–water partition coefficient (Wildman–Crippen LogP) is 11.2. The number of hydrogen-bond acceptors (Lipinski definition) is 8. The number of carboxylic acids is 1. The lowest BCUT2D eigenvalue weighted by molar-refractivity contribution is -0.870. The van der Waals surface area contributed by atoms with Crippen LogP contribution < -0.4 is 5.11 Å². The Morgan fingerprint density at radius 1 is 0.525 bits per heavy atom. The minimum Gasteiger partial charge on any atom is -0.545 e. The minimum atomic E-state index is -1.63. The highest BCUT2D eigenvalue weighted by Gasteiger charge is 2.21. The summed E-state index contributed by atoms with van der Waals surface area (Å²) in [5.74, 6) is -2.32. The van der Waals surface area contributed by atoms with Gasteiger partial charge in [-0.1, -0.05) is 152 Å². The van der Waals surface area contributed by atoms with Gasteiger partial charge in [-0.05, 0) is 77.0 Å². The second-order valence-electron chi connectivity index (χ2n) is 16.7. The third kappa shape index (κ3) is 42.9. The molecule has 0 fully saturated rings. The smallest absolute Gasteiger partial charge is 0.306 e. The van der Waals surface area contributed by atoms with E-state index < -0.39 is 24.3 Å². The molecule has 0 aromatic heterocycles. The number of nitrogens with zero attached hydrogens (tertiary/aromatic N) is 1. The lowest BCUT2D eigenvalue weighted by atomic mass is 10.1. The van der Waals surface area contributed by atoms with Crippen molar-refractivity contribution in [3.05, 3.63) is 60.8 Å². The molecule has 2 atom stereocenters. The molecule has 340 valence electrons. The normalized spacial score (nSPS) is 13.4. The largest absolute Gasteiger partial charge is 0.545 e. The van der Waals surface area contributed by atoms with Crippen molar-refractivity contribution in [3.8, 4) is 0 Å². The number of unbranched alkanes of at least 4 members (excludes halogenated alkanes) is 17. The average Bonchev–Trinajstić information content (AvgIpc) is 3.19. The Morgan fingerprint density at radius 2 is 0.966 bits per heavy atom. The van der Waals surface area contributed by atoms with Crippen LogP contribution in [0.25, 0.3) is 0 Å².